The zero-order valence-corrected chi connectivity index (χ0v) is 18.4. The van der Waals surface area contributed by atoms with Gasteiger partial charge in [0.25, 0.3) is 0 Å². The summed E-state index contributed by atoms with van der Waals surface area (Å²) in [5, 5.41) is 9.16. The van der Waals surface area contributed by atoms with Crippen LogP contribution in [0.3, 0.4) is 0 Å². The van der Waals surface area contributed by atoms with Crippen molar-refractivity contribution < 1.29 is 14.3 Å². The van der Waals surface area contributed by atoms with Crippen LogP contribution in [-0.4, -0.2) is 41.7 Å². The molecule has 3 rings (SSSR count). The van der Waals surface area contributed by atoms with Crippen molar-refractivity contribution in [2.75, 3.05) is 14.2 Å². The summed E-state index contributed by atoms with van der Waals surface area (Å²) in [6, 6.07) is 15.3. The van der Waals surface area contributed by atoms with Crippen LogP contribution in [0.2, 0.25) is 0 Å². The highest BCUT2D eigenvalue weighted by atomic mass is 32.2. The van der Waals surface area contributed by atoms with E-state index >= 15 is 0 Å². The Kier molecular flexibility index (Phi) is 7.90. The number of amidine groups is 1. The van der Waals surface area contributed by atoms with Gasteiger partial charge in [0.15, 0.2) is 5.17 Å². The fraction of sp³-hybridized carbons (Fsp3) is 0.348. The van der Waals surface area contributed by atoms with Crippen LogP contribution < -0.4 is 9.47 Å². The second kappa shape index (κ2) is 10.8. The van der Waals surface area contributed by atoms with Gasteiger partial charge in [0.05, 0.1) is 32.2 Å². The molecule has 0 spiro atoms. The van der Waals surface area contributed by atoms with E-state index in [-0.39, 0.29) is 11.2 Å². The number of thioether (sulfide) groups is 1. The maximum Gasteiger partial charge on any atom is 0.242 e. The topological polar surface area (TPSA) is 63.5 Å². The Labute approximate surface area is 182 Å². The predicted molar refractivity (Wildman–Crippen MR) is 122 cm³/mol. The molecule has 1 aliphatic rings. The van der Waals surface area contributed by atoms with Gasteiger partial charge < -0.3 is 9.47 Å². The molecular formula is C23H27N3O3S. The lowest BCUT2D eigenvalue weighted by Gasteiger charge is -2.16. The van der Waals surface area contributed by atoms with Crippen molar-refractivity contribution in [2.24, 2.45) is 10.2 Å². The highest BCUT2D eigenvalue weighted by Crippen LogP contribution is 2.32. The average molecular weight is 426 g/mol. The van der Waals surface area contributed by atoms with Crippen molar-refractivity contribution in [3.63, 3.8) is 0 Å². The first kappa shape index (κ1) is 21.9. The molecule has 0 bridgehead atoms. The number of rotatable bonds is 9. The zero-order chi connectivity index (χ0) is 21.3. The van der Waals surface area contributed by atoms with Crippen LogP contribution in [0.25, 0.3) is 0 Å². The minimum absolute atomic E-state index is 0.0931. The molecule has 0 radical (unpaired) electrons. The van der Waals surface area contributed by atoms with Gasteiger partial charge in [0.1, 0.15) is 11.5 Å². The van der Waals surface area contributed by atoms with Crippen molar-refractivity contribution in [1.82, 2.24) is 4.90 Å². The molecule has 1 saturated heterocycles. The Balaban J connectivity index is 1.81. The molecule has 0 saturated carbocycles. The summed E-state index contributed by atoms with van der Waals surface area (Å²) in [6.07, 6.45) is 4.56. The number of unbranched alkanes of at least 4 members (excludes halogenated alkanes) is 1. The van der Waals surface area contributed by atoms with Gasteiger partial charge in [0, 0.05) is 5.56 Å². The summed E-state index contributed by atoms with van der Waals surface area (Å²) < 4.78 is 10.6. The molecule has 7 heteroatoms. The van der Waals surface area contributed by atoms with Gasteiger partial charge >= 0.3 is 0 Å². The van der Waals surface area contributed by atoms with Gasteiger partial charge in [-0.05, 0) is 36.2 Å². The number of carbonyl (C=O) groups excluding carboxylic acids is 1. The standard InChI is InChI=1S/C23H27N3O3S/c1-4-5-10-21-22(27)26(16-17-11-13-19(28-2)14-12-17)23(30-21)25-24-15-18-8-6-7-9-20(18)29-3/h6-9,11-15,21H,4-5,10,16H2,1-3H3/b24-15-,25-23-/t21-/m0/s1. The van der Waals surface area contributed by atoms with E-state index in [2.05, 4.69) is 17.1 Å². The zero-order valence-electron chi connectivity index (χ0n) is 17.6. The number of hydrogen-bond acceptors (Lipinski definition) is 6. The average Bonchev–Trinajstić information content (AvgIpc) is 3.07. The molecule has 0 N–H and O–H groups in total. The quantitative estimate of drug-likeness (QED) is 0.430. The first-order valence-corrected chi connectivity index (χ1v) is 10.9. The van der Waals surface area contributed by atoms with Crippen LogP contribution in [0.15, 0.2) is 58.7 Å². The number of amides is 1. The molecule has 0 unspecified atom stereocenters. The van der Waals surface area contributed by atoms with Gasteiger partial charge in [0.2, 0.25) is 5.91 Å². The number of methoxy groups -OCH3 is 2. The Hall–Kier alpha value is -2.80. The molecule has 0 aliphatic carbocycles. The van der Waals surface area contributed by atoms with E-state index in [9.17, 15) is 4.79 Å². The SMILES string of the molecule is CCCC[C@@H]1S/C(=N\N=C/c2ccccc2OC)N(Cc2ccc(OC)cc2)C1=O. The monoisotopic (exact) mass is 425 g/mol. The normalized spacial score (nSPS) is 17.8. The highest BCUT2D eigenvalue weighted by Gasteiger charge is 2.37. The smallest absolute Gasteiger partial charge is 0.242 e. The summed E-state index contributed by atoms with van der Waals surface area (Å²) in [4.78, 5) is 14.7. The molecule has 2 aromatic carbocycles. The van der Waals surface area contributed by atoms with Crippen LogP contribution in [0.5, 0.6) is 11.5 Å². The van der Waals surface area contributed by atoms with E-state index in [1.165, 1.54) is 11.8 Å². The van der Waals surface area contributed by atoms with Crippen LogP contribution >= 0.6 is 11.8 Å². The van der Waals surface area contributed by atoms with Crippen molar-refractivity contribution in [2.45, 2.75) is 38.0 Å². The summed E-state index contributed by atoms with van der Waals surface area (Å²) in [6.45, 7) is 2.59. The van der Waals surface area contributed by atoms with Crippen molar-refractivity contribution in [3.8, 4) is 11.5 Å². The Bertz CT molecular complexity index is 912. The highest BCUT2D eigenvalue weighted by molar-refractivity contribution is 8.15. The Morgan fingerprint density at radius 3 is 2.57 bits per heavy atom. The number of hydrogen-bond donors (Lipinski definition) is 0. The van der Waals surface area contributed by atoms with Gasteiger partial charge in [-0.15, -0.1) is 5.10 Å². The molecule has 1 atom stereocenters. The number of carbonyl (C=O) groups is 1. The maximum absolute atomic E-state index is 13.0. The van der Waals surface area contributed by atoms with Crippen LogP contribution in [0.4, 0.5) is 0 Å². The third-order valence-corrected chi connectivity index (χ3v) is 6.05. The molecule has 158 valence electrons. The van der Waals surface area contributed by atoms with Crippen molar-refractivity contribution in [3.05, 3.63) is 59.7 Å². The van der Waals surface area contributed by atoms with Crippen LogP contribution in [0.1, 0.15) is 37.3 Å². The van der Waals surface area contributed by atoms with Crippen molar-refractivity contribution in [1.29, 1.82) is 0 Å². The number of para-hydroxylation sites is 1. The van der Waals surface area contributed by atoms with E-state index in [1.807, 2.05) is 48.5 Å². The van der Waals surface area contributed by atoms with Crippen molar-refractivity contribution >= 4 is 29.1 Å². The summed E-state index contributed by atoms with van der Waals surface area (Å²) >= 11 is 1.50. The molecule has 1 fully saturated rings. The first-order valence-electron chi connectivity index (χ1n) is 10.0. The minimum Gasteiger partial charge on any atom is -0.497 e. The lowest BCUT2D eigenvalue weighted by atomic mass is 10.1. The van der Waals surface area contributed by atoms with E-state index in [0.717, 1.165) is 41.9 Å². The van der Waals surface area contributed by atoms with Gasteiger partial charge in [-0.3, -0.25) is 9.69 Å². The molecule has 2 aromatic rings. The summed E-state index contributed by atoms with van der Waals surface area (Å²) in [5.41, 5.74) is 1.85. The molecule has 1 heterocycles. The second-order valence-electron chi connectivity index (χ2n) is 6.89. The van der Waals surface area contributed by atoms with Gasteiger partial charge in [-0.2, -0.15) is 5.10 Å². The van der Waals surface area contributed by atoms with Gasteiger partial charge in [-0.25, -0.2) is 0 Å². The molecule has 0 aromatic heterocycles. The second-order valence-corrected chi connectivity index (χ2v) is 8.06. The number of benzene rings is 2. The number of nitrogens with zero attached hydrogens (tertiary/aromatic N) is 3. The van der Waals surface area contributed by atoms with Crippen LogP contribution in [-0.2, 0) is 11.3 Å². The summed E-state index contributed by atoms with van der Waals surface area (Å²) in [5.74, 6) is 1.61. The fourth-order valence-electron chi connectivity index (χ4n) is 3.13. The van der Waals surface area contributed by atoms with E-state index in [0.29, 0.717) is 11.7 Å². The first-order chi connectivity index (χ1) is 14.7. The third kappa shape index (κ3) is 5.42. The van der Waals surface area contributed by atoms with E-state index in [1.54, 1.807) is 25.3 Å². The fourth-order valence-corrected chi connectivity index (χ4v) is 4.27. The lowest BCUT2D eigenvalue weighted by molar-refractivity contribution is -0.126. The molecule has 30 heavy (non-hydrogen) atoms. The molecular weight excluding hydrogens is 398 g/mol. The maximum atomic E-state index is 13.0. The molecule has 1 amide bonds. The van der Waals surface area contributed by atoms with E-state index < -0.39 is 0 Å². The largest absolute Gasteiger partial charge is 0.497 e. The lowest BCUT2D eigenvalue weighted by Crippen LogP contribution is -2.31. The third-order valence-electron chi connectivity index (χ3n) is 4.82. The minimum atomic E-state index is -0.108. The predicted octanol–water partition coefficient (Wildman–Crippen LogP) is 4.73. The van der Waals surface area contributed by atoms with Crippen LogP contribution in [0, 0.1) is 0 Å². The Morgan fingerprint density at radius 1 is 1.10 bits per heavy atom. The number of ether oxygens (including phenoxy) is 2. The van der Waals surface area contributed by atoms with Gasteiger partial charge in [-0.1, -0.05) is 55.8 Å². The van der Waals surface area contributed by atoms with E-state index in [4.69, 9.17) is 9.47 Å². The molecule has 1 aliphatic heterocycles. The Morgan fingerprint density at radius 2 is 1.87 bits per heavy atom. The summed E-state index contributed by atoms with van der Waals surface area (Å²) in [7, 11) is 3.26. The molecule has 6 nitrogen and oxygen atoms in total.